The van der Waals surface area contributed by atoms with Crippen molar-refractivity contribution >= 4 is 0 Å². The molecule has 0 amide bonds. The highest BCUT2D eigenvalue weighted by Crippen LogP contribution is 2.30. The van der Waals surface area contributed by atoms with E-state index in [-0.39, 0.29) is 5.82 Å². The normalized spacial score (nSPS) is 12.2. The molecule has 1 atom stereocenters. The lowest BCUT2D eigenvalue weighted by molar-refractivity contribution is 0.212. The van der Waals surface area contributed by atoms with Crippen LogP contribution < -0.4 is 4.74 Å². The molecule has 0 fully saturated rings. The molecule has 0 aromatic heterocycles. The molecule has 0 aliphatic carbocycles. The van der Waals surface area contributed by atoms with E-state index in [1.807, 2.05) is 31.2 Å². The van der Waals surface area contributed by atoms with Crippen LogP contribution in [-0.4, -0.2) is 11.7 Å². The molecule has 0 radical (unpaired) electrons. The van der Waals surface area contributed by atoms with Crippen LogP contribution in [0, 0.1) is 12.7 Å². The summed E-state index contributed by atoms with van der Waals surface area (Å²) in [4.78, 5) is 0. The van der Waals surface area contributed by atoms with Gasteiger partial charge < -0.3 is 9.84 Å². The topological polar surface area (TPSA) is 29.5 Å². The van der Waals surface area contributed by atoms with Gasteiger partial charge in [-0.25, -0.2) is 4.39 Å². The van der Waals surface area contributed by atoms with E-state index in [9.17, 15) is 9.50 Å². The fourth-order valence-electron chi connectivity index (χ4n) is 2.01. The minimum absolute atomic E-state index is 0.269. The number of aliphatic hydroxyl groups excluding tert-OH is 1. The van der Waals surface area contributed by atoms with Crippen LogP contribution in [0.4, 0.5) is 4.39 Å². The summed E-state index contributed by atoms with van der Waals surface area (Å²) in [6.45, 7) is 4.11. The highest BCUT2D eigenvalue weighted by Gasteiger charge is 2.15. The van der Waals surface area contributed by atoms with Crippen molar-refractivity contribution in [1.29, 1.82) is 0 Å². The molecule has 19 heavy (non-hydrogen) atoms. The first kappa shape index (κ1) is 13.6. The Labute approximate surface area is 112 Å². The SMILES string of the molecule is CCOc1ccccc1C(O)c1ccc(F)c(C)c1. The molecule has 1 unspecified atom stereocenters. The van der Waals surface area contributed by atoms with Crippen molar-refractivity contribution < 1.29 is 14.2 Å². The number of hydrogen-bond acceptors (Lipinski definition) is 2. The van der Waals surface area contributed by atoms with Gasteiger partial charge in [0.2, 0.25) is 0 Å². The molecule has 0 spiro atoms. The number of para-hydroxylation sites is 1. The molecule has 0 saturated heterocycles. The van der Waals surface area contributed by atoms with Gasteiger partial charge in [-0.05, 0) is 37.1 Å². The Balaban J connectivity index is 2.37. The lowest BCUT2D eigenvalue weighted by atomic mass is 9.99. The summed E-state index contributed by atoms with van der Waals surface area (Å²) in [5, 5.41) is 10.4. The molecule has 0 heterocycles. The van der Waals surface area contributed by atoms with Gasteiger partial charge in [0.05, 0.1) is 6.61 Å². The van der Waals surface area contributed by atoms with Crippen molar-refractivity contribution in [2.45, 2.75) is 20.0 Å². The first-order chi connectivity index (χ1) is 9.13. The summed E-state index contributed by atoms with van der Waals surface area (Å²) in [5.41, 5.74) is 1.87. The van der Waals surface area contributed by atoms with Gasteiger partial charge >= 0.3 is 0 Å². The number of hydrogen-bond donors (Lipinski definition) is 1. The molecule has 0 bridgehead atoms. The van der Waals surface area contributed by atoms with Gasteiger partial charge in [0, 0.05) is 5.56 Å². The maximum atomic E-state index is 13.3. The molecule has 1 N–H and O–H groups in total. The summed E-state index contributed by atoms with van der Waals surface area (Å²) in [6, 6.07) is 12.0. The number of ether oxygens (including phenoxy) is 1. The van der Waals surface area contributed by atoms with E-state index in [4.69, 9.17) is 4.74 Å². The Morgan fingerprint density at radius 3 is 2.63 bits per heavy atom. The lowest BCUT2D eigenvalue weighted by Crippen LogP contribution is -2.04. The van der Waals surface area contributed by atoms with Crippen LogP contribution in [0.2, 0.25) is 0 Å². The fourth-order valence-corrected chi connectivity index (χ4v) is 2.01. The minimum Gasteiger partial charge on any atom is -0.493 e. The maximum absolute atomic E-state index is 13.3. The Morgan fingerprint density at radius 2 is 1.95 bits per heavy atom. The highest BCUT2D eigenvalue weighted by atomic mass is 19.1. The fraction of sp³-hybridized carbons (Fsp3) is 0.250. The van der Waals surface area contributed by atoms with E-state index in [2.05, 4.69) is 0 Å². The number of aliphatic hydroxyl groups is 1. The number of benzene rings is 2. The van der Waals surface area contributed by atoms with E-state index in [0.717, 1.165) is 0 Å². The predicted octanol–water partition coefficient (Wildman–Crippen LogP) is 3.61. The molecule has 3 heteroatoms. The highest BCUT2D eigenvalue weighted by molar-refractivity contribution is 5.41. The quantitative estimate of drug-likeness (QED) is 0.909. The van der Waals surface area contributed by atoms with Gasteiger partial charge in [0.25, 0.3) is 0 Å². The molecule has 0 saturated carbocycles. The largest absolute Gasteiger partial charge is 0.493 e. The first-order valence-electron chi connectivity index (χ1n) is 6.29. The van der Waals surface area contributed by atoms with Gasteiger partial charge in [-0.15, -0.1) is 0 Å². The molecule has 2 nitrogen and oxygen atoms in total. The molecular formula is C16H17FO2. The van der Waals surface area contributed by atoms with Crippen molar-refractivity contribution in [2.75, 3.05) is 6.61 Å². The average Bonchev–Trinajstić information content (AvgIpc) is 2.42. The molecular weight excluding hydrogens is 243 g/mol. The molecule has 2 aromatic carbocycles. The van der Waals surface area contributed by atoms with Crippen molar-refractivity contribution in [3.05, 3.63) is 65.0 Å². The van der Waals surface area contributed by atoms with Crippen LogP contribution in [0.25, 0.3) is 0 Å². The predicted molar refractivity (Wildman–Crippen MR) is 72.8 cm³/mol. The van der Waals surface area contributed by atoms with Crippen molar-refractivity contribution in [3.63, 3.8) is 0 Å². The minimum atomic E-state index is -0.818. The summed E-state index contributed by atoms with van der Waals surface area (Å²) in [5.74, 6) is 0.383. The number of rotatable bonds is 4. The summed E-state index contributed by atoms with van der Waals surface area (Å²) >= 11 is 0. The Kier molecular flexibility index (Phi) is 4.17. The number of aryl methyl sites for hydroxylation is 1. The molecule has 0 aliphatic rings. The third kappa shape index (κ3) is 2.93. The van der Waals surface area contributed by atoms with E-state index < -0.39 is 6.10 Å². The van der Waals surface area contributed by atoms with Crippen molar-refractivity contribution in [2.24, 2.45) is 0 Å². The van der Waals surface area contributed by atoms with Crippen LogP contribution in [0.1, 0.15) is 29.7 Å². The zero-order valence-electron chi connectivity index (χ0n) is 11.1. The van der Waals surface area contributed by atoms with Crippen LogP contribution in [0.3, 0.4) is 0 Å². The Hall–Kier alpha value is -1.87. The lowest BCUT2D eigenvalue weighted by Gasteiger charge is -2.16. The molecule has 100 valence electrons. The monoisotopic (exact) mass is 260 g/mol. The number of halogens is 1. The maximum Gasteiger partial charge on any atom is 0.126 e. The Bertz CT molecular complexity index is 566. The van der Waals surface area contributed by atoms with E-state index >= 15 is 0 Å². The Morgan fingerprint density at radius 1 is 1.21 bits per heavy atom. The second-order valence-electron chi connectivity index (χ2n) is 4.38. The average molecular weight is 260 g/mol. The van der Waals surface area contributed by atoms with E-state index in [1.54, 1.807) is 19.1 Å². The third-order valence-electron chi connectivity index (χ3n) is 3.01. The van der Waals surface area contributed by atoms with Gasteiger partial charge in [-0.1, -0.05) is 30.3 Å². The molecule has 2 aromatic rings. The zero-order chi connectivity index (χ0) is 13.8. The smallest absolute Gasteiger partial charge is 0.126 e. The second-order valence-corrected chi connectivity index (χ2v) is 4.38. The molecule has 2 rings (SSSR count). The van der Waals surface area contributed by atoms with E-state index in [0.29, 0.717) is 29.0 Å². The summed E-state index contributed by atoms with van der Waals surface area (Å²) in [7, 11) is 0. The molecule has 0 aliphatic heterocycles. The van der Waals surface area contributed by atoms with Crippen LogP contribution >= 0.6 is 0 Å². The summed E-state index contributed by atoms with van der Waals surface area (Å²) in [6.07, 6.45) is -0.818. The van der Waals surface area contributed by atoms with Gasteiger partial charge in [0.1, 0.15) is 17.7 Å². The zero-order valence-corrected chi connectivity index (χ0v) is 11.1. The van der Waals surface area contributed by atoms with Gasteiger partial charge in [-0.2, -0.15) is 0 Å². The summed E-state index contributed by atoms with van der Waals surface area (Å²) < 4.78 is 18.8. The van der Waals surface area contributed by atoms with Crippen LogP contribution in [-0.2, 0) is 0 Å². The van der Waals surface area contributed by atoms with Crippen LogP contribution in [0.15, 0.2) is 42.5 Å². The van der Waals surface area contributed by atoms with Crippen molar-refractivity contribution in [3.8, 4) is 5.75 Å². The third-order valence-corrected chi connectivity index (χ3v) is 3.01. The standard InChI is InChI=1S/C16H17FO2/c1-3-19-15-7-5-4-6-13(15)16(18)12-8-9-14(17)11(2)10-12/h4-10,16,18H,3H2,1-2H3. The second kappa shape index (κ2) is 5.85. The van der Waals surface area contributed by atoms with Gasteiger partial charge in [-0.3, -0.25) is 0 Å². The first-order valence-corrected chi connectivity index (χ1v) is 6.29. The van der Waals surface area contributed by atoms with Crippen LogP contribution in [0.5, 0.6) is 5.75 Å². The van der Waals surface area contributed by atoms with Crippen molar-refractivity contribution in [1.82, 2.24) is 0 Å². The van der Waals surface area contributed by atoms with E-state index in [1.165, 1.54) is 6.07 Å². The van der Waals surface area contributed by atoms with Gasteiger partial charge in [0.15, 0.2) is 0 Å².